The number of nitrogens with zero attached hydrogens (tertiary/aromatic N) is 2. The summed E-state index contributed by atoms with van der Waals surface area (Å²) in [4.78, 5) is 2.53. The van der Waals surface area contributed by atoms with Gasteiger partial charge in [0, 0.05) is 38.8 Å². The van der Waals surface area contributed by atoms with Crippen molar-refractivity contribution in [2.24, 2.45) is 0 Å². The molecule has 2 heterocycles. The van der Waals surface area contributed by atoms with Crippen LogP contribution in [0.1, 0.15) is 12.8 Å². The van der Waals surface area contributed by atoms with Crippen LogP contribution in [0.15, 0.2) is 0 Å². The molecule has 0 aromatic heterocycles. The van der Waals surface area contributed by atoms with E-state index in [1.807, 2.05) is 0 Å². The lowest BCUT2D eigenvalue weighted by Crippen LogP contribution is -2.49. The van der Waals surface area contributed by atoms with Gasteiger partial charge in [-0.3, -0.25) is 4.90 Å². The van der Waals surface area contributed by atoms with E-state index < -0.39 is 0 Å². The van der Waals surface area contributed by atoms with Gasteiger partial charge in [-0.1, -0.05) is 0 Å². The average Bonchev–Trinajstić information content (AvgIpc) is 2.21. The van der Waals surface area contributed by atoms with E-state index in [0.29, 0.717) is 6.04 Å². The fourth-order valence-corrected chi connectivity index (χ4v) is 2.00. The molecule has 0 aromatic carbocycles. The minimum Gasteiger partial charge on any atom is -0.380 e. The molecule has 2 aliphatic heterocycles. The summed E-state index contributed by atoms with van der Waals surface area (Å²) in [7, 11) is 0. The molecule has 0 bridgehead atoms. The molecule has 2 aliphatic rings. The number of ether oxygens (including phenoxy) is 1. The van der Waals surface area contributed by atoms with Crippen molar-refractivity contribution in [3.63, 3.8) is 0 Å². The highest BCUT2D eigenvalue weighted by Crippen LogP contribution is 2.13. The third kappa shape index (κ3) is 1.97. The first-order valence-corrected chi connectivity index (χ1v) is 4.92. The summed E-state index contributed by atoms with van der Waals surface area (Å²) in [5.41, 5.74) is 0. The largest absolute Gasteiger partial charge is 0.380 e. The maximum absolute atomic E-state index is 5.46. The van der Waals surface area contributed by atoms with Crippen molar-refractivity contribution >= 4 is 0 Å². The van der Waals surface area contributed by atoms with Crippen LogP contribution >= 0.6 is 0 Å². The van der Waals surface area contributed by atoms with Crippen LogP contribution in [0, 0.1) is 0 Å². The highest BCUT2D eigenvalue weighted by molar-refractivity contribution is 4.78. The minimum atomic E-state index is 0.689. The van der Waals surface area contributed by atoms with Gasteiger partial charge in [0.2, 0.25) is 0 Å². The van der Waals surface area contributed by atoms with Crippen LogP contribution < -0.4 is 5.32 Å². The van der Waals surface area contributed by atoms with E-state index in [1.54, 1.807) is 0 Å². The van der Waals surface area contributed by atoms with Gasteiger partial charge in [-0.05, 0) is 12.8 Å². The first kappa shape index (κ1) is 8.48. The molecule has 3 nitrogen and oxygen atoms in total. The van der Waals surface area contributed by atoms with Gasteiger partial charge in [-0.15, -0.1) is 0 Å². The smallest absolute Gasteiger partial charge is 0.0621 e. The lowest BCUT2D eigenvalue weighted by Gasteiger charge is -2.36. The molecule has 3 heteroatoms. The van der Waals surface area contributed by atoms with E-state index in [-0.39, 0.29) is 0 Å². The van der Waals surface area contributed by atoms with Crippen molar-refractivity contribution in [2.45, 2.75) is 18.9 Å². The molecule has 0 N–H and O–H groups in total. The van der Waals surface area contributed by atoms with E-state index in [1.165, 1.54) is 12.8 Å². The normalized spacial score (nSPS) is 33.5. The summed E-state index contributed by atoms with van der Waals surface area (Å²) in [6.45, 7) is 6.25. The molecule has 2 fully saturated rings. The van der Waals surface area contributed by atoms with Crippen molar-refractivity contribution in [1.82, 2.24) is 10.2 Å². The number of hydrogen-bond donors (Lipinski definition) is 0. The molecule has 2 rings (SSSR count). The van der Waals surface area contributed by atoms with Crippen LogP contribution in [0.5, 0.6) is 0 Å². The van der Waals surface area contributed by atoms with Crippen molar-refractivity contribution in [1.29, 1.82) is 0 Å². The maximum atomic E-state index is 5.46. The Morgan fingerprint density at radius 3 is 2.75 bits per heavy atom. The van der Waals surface area contributed by atoms with E-state index in [2.05, 4.69) is 10.2 Å². The Balaban J connectivity index is 1.80. The summed E-state index contributed by atoms with van der Waals surface area (Å²) in [5.74, 6) is 0. The minimum absolute atomic E-state index is 0.689. The van der Waals surface area contributed by atoms with Crippen LogP contribution in [-0.4, -0.2) is 50.3 Å². The fourth-order valence-electron chi connectivity index (χ4n) is 2.00. The van der Waals surface area contributed by atoms with Gasteiger partial charge in [0.15, 0.2) is 0 Å². The van der Waals surface area contributed by atoms with Crippen LogP contribution in [0.25, 0.3) is 0 Å². The van der Waals surface area contributed by atoms with E-state index >= 15 is 0 Å². The fraction of sp³-hybridized carbons (Fsp3) is 1.00. The summed E-state index contributed by atoms with van der Waals surface area (Å²) in [6.07, 6.45) is 2.55. The first-order chi connectivity index (χ1) is 5.97. The van der Waals surface area contributed by atoms with E-state index in [0.717, 1.165) is 39.4 Å². The summed E-state index contributed by atoms with van der Waals surface area (Å²) >= 11 is 0. The van der Waals surface area contributed by atoms with Crippen LogP contribution in [0.2, 0.25) is 0 Å². The molecule has 69 valence electrons. The Labute approximate surface area is 74.1 Å². The molecule has 1 radical (unpaired) electrons. The van der Waals surface area contributed by atoms with Gasteiger partial charge in [0.25, 0.3) is 0 Å². The van der Waals surface area contributed by atoms with Crippen molar-refractivity contribution in [3.8, 4) is 0 Å². The Morgan fingerprint density at radius 2 is 2.08 bits per heavy atom. The molecule has 1 atom stereocenters. The molecular formula is C9H17N2O. The monoisotopic (exact) mass is 169 g/mol. The van der Waals surface area contributed by atoms with Gasteiger partial charge in [-0.25, -0.2) is 5.32 Å². The van der Waals surface area contributed by atoms with E-state index in [9.17, 15) is 0 Å². The van der Waals surface area contributed by atoms with Crippen molar-refractivity contribution < 1.29 is 4.74 Å². The zero-order valence-corrected chi connectivity index (χ0v) is 7.54. The quantitative estimate of drug-likeness (QED) is 0.556. The molecule has 0 saturated carbocycles. The zero-order chi connectivity index (χ0) is 8.23. The predicted molar refractivity (Wildman–Crippen MR) is 47.3 cm³/mol. The Morgan fingerprint density at radius 1 is 1.25 bits per heavy atom. The average molecular weight is 169 g/mol. The Bertz CT molecular complexity index is 112. The summed E-state index contributed by atoms with van der Waals surface area (Å²) in [6, 6.07) is 0.689. The van der Waals surface area contributed by atoms with Crippen molar-refractivity contribution in [2.75, 3.05) is 39.4 Å². The highest BCUT2D eigenvalue weighted by atomic mass is 16.5. The molecule has 0 aliphatic carbocycles. The Kier molecular flexibility index (Phi) is 2.98. The first-order valence-electron chi connectivity index (χ1n) is 4.92. The van der Waals surface area contributed by atoms with Gasteiger partial charge in [-0.2, -0.15) is 0 Å². The molecule has 0 amide bonds. The predicted octanol–water partition coefficient (Wildman–Crippen LogP) is 0.0854. The number of hydrogen-bond acceptors (Lipinski definition) is 2. The standard InChI is InChI=1S/C9H17N2O/c1-2-9(8-12-7-1)11-5-3-10-4-6-11/h9H,1-8H2. The van der Waals surface area contributed by atoms with E-state index in [4.69, 9.17) is 4.74 Å². The van der Waals surface area contributed by atoms with Crippen molar-refractivity contribution in [3.05, 3.63) is 0 Å². The second kappa shape index (κ2) is 4.21. The molecule has 1 unspecified atom stereocenters. The molecule has 12 heavy (non-hydrogen) atoms. The van der Waals surface area contributed by atoms with Gasteiger partial charge >= 0.3 is 0 Å². The summed E-state index contributed by atoms with van der Waals surface area (Å²) in [5, 5.41) is 4.34. The Hall–Kier alpha value is -0.120. The third-order valence-electron chi connectivity index (χ3n) is 2.74. The molecule has 0 aromatic rings. The third-order valence-corrected chi connectivity index (χ3v) is 2.74. The second-order valence-corrected chi connectivity index (χ2v) is 3.58. The van der Waals surface area contributed by atoms with Gasteiger partial charge in [0.1, 0.15) is 0 Å². The zero-order valence-electron chi connectivity index (χ0n) is 7.54. The maximum Gasteiger partial charge on any atom is 0.0621 e. The molecule has 2 saturated heterocycles. The lowest BCUT2D eigenvalue weighted by molar-refractivity contribution is 0.0133. The second-order valence-electron chi connectivity index (χ2n) is 3.58. The van der Waals surface area contributed by atoms with Gasteiger partial charge < -0.3 is 4.74 Å². The van der Waals surface area contributed by atoms with Gasteiger partial charge in [0.05, 0.1) is 6.61 Å². The van der Waals surface area contributed by atoms with Crippen LogP contribution in [-0.2, 0) is 4.74 Å². The SMILES string of the molecule is C1COCC(N2CC[N]CC2)C1. The van der Waals surface area contributed by atoms with Crippen LogP contribution in [0.4, 0.5) is 0 Å². The lowest BCUT2D eigenvalue weighted by atomic mass is 10.1. The topological polar surface area (TPSA) is 26.6 Å². The molecule has 0 spiro atoms. The highest BCUT2D eigenvalue weighted by Gasteiger charge is 2.22. The molecular weight excluding hydrogens is 152 g/mol. The van der Waals surface area contributed by atoms with Crippen LogP contribution in [0.3, 0.4) is 0 Å². The number of rotatable bonds is 1. The number of piperazine rings is 1. The summed E-state index contributed by atoms with van der Waals surface area (Å²) < 4.78 is 5.46.